The molecule has 0 bridgehead atoms. The van der Waals surface area contributed by atoms with Crippen molar-refractivity contribution in [2.24, 2.45) is 5.16 Å². The van der Waals surface area contributed by atoms with Gasteiger partial charge in [0, 0.05) is 5.56 Å². The number of rotatable bonds is 8. The van der Waals surface area contributed by atoms with Crippen LogP contribution in [0, 0.1) is 0 Å². The molecule has 136 valence electrons. The third-order valence-electron chi connectivity index (χ3n) is 3.29. The molecule has 5 nitrogen and oxygen atoms in total. The molecule has 0 saturated carbocycles. The third-order valence-corrected chi connectivity index (χ3v) is 3.75. The van der Waals surface area contributed by atoms with Gasteiger partial charge in [-0.2, -0.15) is 0 Å². The van der Waals surface area contributed by atoms with Gasteiger partial charge in [0.2, 0.25) is 0 Å². The number of ether oxygens (including phenoxy) is 1. The van der Waals surface area contributed by atoms with E-state index >= 15 is 0 Å². The van der Waals surface area contributed by atoms with Crippen molar-refractivity contribution >= 4 is 49.6 Å². The monoisotopic (exact) mass is 481 g/mol. The van der Waals surface area contributed by atoms with Crippen molar-refractivity contribution in [2.75, 3.05) is 6.61 Å². The van der Waals surface area contributed by atoms with Gasteiger partial charge in [-0.05, 0) is 68.1 Å². The number of hydrogen-bond donors (Lipinski definition) is 1. The van der Waals surface area contributed by atoms with Crippen molar-refractivity contribution in [3.8, 4) is 5.75 Å². The maximum absolute atomic E-state index is 11.5. The van der Waals surface area contributed by atoms with E-state index in [2.05, 4.69) is 37.0 Å². The molecule has 7 heteroatoms. The molecule has 0 spiro atoms. The van der Waals surface area contributed by atoms with Gasteiger partial charge in [0.05, 0.1) is 3.39 Å². The van der Waals surface area contributed by atoms with Gasteiger partial charge in [-0.3, -0.25) is 0 Å². The van der Waals surface area contributed by atoms with Crippen LogP contribution in [-0.4, -0.2) is 23.4 Å². The van der Waals surface area contributed by atoms with Gasteiger partial charge in [0.15, 0.2) is 5.71 Å². The molecule has 2 rings (SSSR count). The van der Waals surface area contributed by atoms with Crippen LogP contribution in [0.5, 0.6) is 5.75 Å². The summed E-state index contributed by atoms with van der Waals surface area (Å²) in [4.78, 5) is 16.4. The lowest BCUT2D eigenvalue weighted by Crippen LogP contribution is -2.18. The Balaban J connectivity index is 2.23. The zero-order chi connectivity index (χ0) is 18.9. The van der Waals surface area contributed by atoms with E-state index in [1.807, 2.05) is 36.4 Å². The number of carboxylic acids is 1. The zero-order valence-corrected chi connectivity index (χ0v) is 17.2. The molecular formula is C19H17Br2NO4. The van der Waals surface area contributed by atoms with E-state index in [9.17, 15) is 9.90 Å². The van der Waals surface area contributed by atoms with Crippen LogP contribution in [0.1, 0.15) is 23.6 Å². The molecule has 0 radical (unpaired) electrons. The number of carbonyl (C=O) groups is 1. The summed E-state index contributed by atoms with van der Waals surface area (Å²) in [5, 5.41) is 13.1. The largest absolute Gasteiger partial charge is 0.489 e. The van der Waals surface area contributed by atoms with E-state index in [0.29, 0.717) is 23.5 Å². The summed E-state index contributed by atoms with van der Waals surface area (Å²) in [5.41, 5.74) is 1.98. The van der Waals surface area contributed by atoms with E-state index in [1.165, 1.54) is 0 Å². The predicted molar refractivity (Wildman–Crippen MR) is 109 cm³/mol. The van der Waals surface area contributed by atoms with Crippen molar-refractivity contribution < 1.29 is 19.5 Å². The van der Waals surface area contributed by atoms with Crippen molar-refractivity contribution in [3.05, 3.63) is 68.6 Å². The second kappa shape index (κ2) is 10.1. The number of aliphatic carboxylic acids is 1. The minimum Gasteiger partial charge on any atom is -0.489 e. The van der Waals surface area contributed by atoms with Crippen LogP contribution in [0.25, 0.3) is 6.08 Å². The molecule has 2 aromatic rings. The van der Waals surface area contributed by atoms with Crippen LogP contribution < -0.4 is 4.74 Å². The molecule has 26 heavy (non-hydrogen) atoms. The predicted octanol–water partition coefficient (Wildman–Crippen LogP) is 5.18. The lowest BCUT2D eigenvalue weighted by atomic mass is 10.0. The highest BCUT2D eigenvalue weighted by Crippen LogP contribution is 2.22. The Bertz CT molecular complexity index is 830. The van der Waals surface area contributed by atoms with Gasteiger partial charge >= 0.3 is 5.97 Å². The lowest BCUT2D eigenvalue weighted by molar-refractivity contribution is -0.129. The normalized spacial score (nSPS) is 11.0. The van der Waals surface area contributed by atoms with Gasteiger partial charge in [0.25, 0.3) is 0 Å². The molecule has 0 saturated heterocycles. The van der Waals surface area contributed by atoms with Crippen LogP contribution in [0.15, 0.2) is 57.1 Å². The highest BCUT2D eigenvalue weighted by Gasteiger charge is 2.17. The first-order chi connectivity index (χ1) is 12.5. The topological polar surface area (TPSA) is 68.1 Å². The molecule has 0 amide bonds. The summed E-state index contributed by atoms with van der Waals surface area (Å²) >= 11 is 6.65. The van der Waals surface area contributed by atoms with Gasteiger partial charge in [0.1, 0.15) is 19.0 Å². The summed E-state index contributed by atoms with van der Waals surface area (Å²) in [6.45, 7) is 2.24. The first kappa shape index (κ1) is 20.2. The molecule has 0 aliphatic heterocycles. The summed E-state index contributed by atoms with van der Waals surface area (Å²) < 4.78 is 6.67. The molecule has 0 heterocycles. The number of hydrogen-bond acceptors (Lipinski definition) is 4. The van der Waals surface area contributed by atoms with Crippen molar-refractivity contribution in [1.29, 1.82) is 0 Å². The average molecular weight is 483 g/mol. The Kier molecular flexibility index (Phi) is 7.87. The molecule has 0 aliphatic rings. The molecule has 0 aromatic heterocycles. The second-order valence-corrected chi connectivity index (χ2v) is 7.89. The van der Waals surface area contributed by atoms with Crippen LogP contribution in [0.2, 0.25) is 0 Å². The Morgan fingerprint density at radius 1 is 1.19 bits per heavy atom. The van der Waals surface area contributed by atoms with Crippen LogP contribution >= 0.6 is 31.9 Å². The summed E-state index contributed by atoms with van der Waals surface area (Å²) in [6, 6.07) is 14.6. The van der Waals surface area contributed by atoms with E-state index in [0.717, 1.165) is 8.96 Å². The van der Waals surface area contributed by atoms with Crippen LogP contribution in [0.4, 0.5) is 0 Å². The summed E-state index contributed by atoms with van der Waals surface area (Å²) in [6.07, 6.45) is 1.90. The van der Waals surface area contributed by atoms with Gasteiger partial charge in [-0.15, -0.1) is 0 Å². The van der Waals surface area contributed by atoms with Crippen molar-refractivity contribution in [1.82, 2.24) is 0 Å². The van der Waals surface area contributed by atoms with E-state index in [-0.39, 0.29) is 12.3 Å². The average Bonchev–Trinajstić information content (AvgIpc) is 2.60. The molecule has 0 aliphatic carbocycles. The number of carboxylic acid groups (broad SMARTS) is 1. The summed E-state index contributed by atoms with van der Waals surface area (Å²) in [7, 11) is 0. The number of benzene rings is 2. The van der Waals surface area contributed by atoms with E-state index < -0.39 is 5.97 Å². The zero-order valence-electron chi connectivity index (χ0n) is 14.0. The fourth-order valence-electron chi connectivity index (χ4n) is 2.19. The van der Waals surface area contributed by atoms with Crippen LogP contribution in [-0.2, 0) is 16.2 Å². The molecule has 0 atom stereocenters. The lowest BCUT2D eigenvalue weighted by Gasteiger charge is -2.11. The molecular weight excluding hydrogens is 466 g/mol. The second-order valence-electron chi connectivity index (χ2n) is 5.12. The Morgan fingerprint density at radius 3 is 2.65 bits per heavy atom. The maximum Gasteiger partial charge on any atom is 0.358 e. The Labute approximate surface area is 168 Å². The Hall–Kier alpha value is -2.12. The first-order valence-corrected chi connectivity index (χ1v) is 9.37. The SMILES string of the molecule is CCO/N=C(/C(=O)O)c1ccccc1COc1cccc(C=C(Br)Br)c1. The minimum atomic E-state index is -1.15. The fraction of sp³-hybridized carbons (Fsp3) is 0.158. The van der Waals surface area contributed by atoms with Crippen molar-refractivity contribution in [3.63, 3.8) is 0 Å². The third kappa shape index (κ3) is 6.00. The van der Waals surface area contributed by atoms with Gasteiger partial charge in [-0.25, -0.2) is 4.79 Å². The standard InChI is InChI=1S/C19H17Br2NO4/c1-2-26-22-18(19(23)24)16-9-4-3-7-14(16)12-25-15-8-5-6-13(10-15)11-17(20)21/h3-11H,2,12H2,1H3,(H,23,24)/b22-18+. The van der Waals surface area contributed by atoms with Gasteiger partial charge < -0.3 is 14.7 Å². The Morgan fingerprint density at radius 2 is 1.96 bits per heavy atom. The smallest absolute Gasteiger partial charge is 0.358 e. The molecule has 1 N–H and O–H groups in total. The molecule has 0 fully saturated rings. The van der Waals surface area contributed by atoms with E-state index in [1.54, 1.807) is 25.1 Å². The van der Waals surface area contributed by atoms with Gasteiger partial charge in [-0.1, -0.05) is 41.6 Å². The fourth-order valence-corrected chi connectivity index (χ4v) is 2.72. The highest BCUT2D eigenvalue weighted by molar-refractivity contribution is 9.28. The molecule has 0 unspecified atom stereocenters. The van der Waals surface area contributed by atoms with Crippen LogP contribution in [0.3, 0.4) is 0 Å². The quantitative estimate of drug-likeness (QED) is 0.415. The van der Waals surface area contributed by atoms with E-state index in [4.69, 9.17) is 9.57 Å². The number of halogens is 2. The number of nitrogens with zero attached hydrogens (tertiary/aromatic N) is 1. The first-order valence-electron chi connectivity index (χ1n) is 7.78. The molecule has 2 aromatic carbocycles. The van der Waals surface area contributed by atoms with Crippen molar-refractivity contribution in [2.45, 2.75) is 13.5 Å². The minimum absolute atomic E-state index is 0.147. The number of oxime groups is 1. The summed E-state index contributed by atoms with van der Waals surface area (Å²) in [5.74, 6) is -0.478. The highest BCUT2D eigenvalue weighted by atomic mass is 79.9. The maximum atomic E-state index is 11.5.